The van der Waals surface area contributed by atoms with E-state index in [2.05, 4.69) is 25.8 Å². The van der Waals surface area contributed by atoms with Crippen LogP contribution < -0.4 is 0 Å². The highest BCUT2D eigenvalue weighted by Crippen LogP contribution is 2.31. The van der Waals surface area contributed by atoms with Crippen LogP contribution in [0.4, 0.5) is 0 Å². The van der Waals surface area contributed by atoms with Crippen molar-refractivity contribution in [2.45, 2.75) is 58.8 Å². The van der Waals surface area contributed by atoms with Gasteiger partial charge in [0.2, 0.25) is 5.89 Å². The quantitative estimate of drug-likeness (QED) is 0.772. The lowest BCUT2D eigenvalue weighted by molar-refractivity contribution is 0.0755. The van der Waals surface area contributed by atoms with Crippen LogP contribution in [-0.2, 0) is 21.4 Å². The van der Waals surface area contributed by atoms with Gasteiger partial charge in [-0.1, -0.05) is 20.8 Å². The molecule has 1 aromatic heterocycles. The van der Waals surface area contributed by atoms with Gasteiger partial charge in [-0.05, 0) is 25.8 Å². The first kappa shape index (κ1) is 15.4. The normalized spacial score (nSPS) is 13.7. The van der Waals surface area contributed by atoms with Crippen LogP contribution in [0.5, 0.6) is 0 Å². The molecule has 0 atom stereocenters. The highest BCUT2D eigenvalue weighted by molar-refractivity contribution is 6.31. The Labute approximate surface area is 112 Å². The summed E-state index contributed by atoms with van der Waals surface area (Å²) in [6, 6.07) is 0. The van der Waals surface area contributed by atoms with Gasteiger partial charge in [0, 0.05) is 7.11 Å². The second-order valence-corrected chi connectivity index (χ2v) is 9.01. The van der Waals surface area contributed by atoms with Crippen LogP contribution in [0.15, 0.2) is 4.42 Å². The van der Waals surface area contributed by atoms with Crippen LogP contribution in [0.25, 0.3) is 0 Å². The smallest absolute Gasteiger partial charge is 0.220 e. The summed E-state index contributed by atoms with van der Waals surface area (Å²) in [6.07, 6.45) is 0. The maximum absolute atomic E-state index is 6.12. The molecule has 0 radical (unpaired) electrons. The molecule has 5 heteroatoms. The number of ether oxygens (including phenoxy) is 1. The first-order chi connectivity index (χ1) is 8.15. The van der Waals surface area contributed by atoms with Gasteiger partial charge in [-0.2, -0.15) is 0 Å². The molecule has 0 amide bonds. The molecule has 0 saturated heterocycles. The van der Waals surface area contributed by atoms with Crippen LogP contribution in [0.2, 0.25) is 5.04 Å². The molecule has 0 saturated carbocycles. The van der Waals surface area contributed by atoms with Crippen LogP contribution in [-0.4, -0.2) is 21.9 Å². The number of nitrogens with zero attached hydrogens (tertiary/aromatic N) is 1. The summed E-state index contributed by atoms with van der Waals surface area (Å²) in [6.45, 7) is 13.0. The summed E-state index contributed by atoms with van der Waals surface area (Å²) >= 11 is 0. The lowest BCUT2D eigenvalue weighted by Gasteiger charge is -2.28. The van der Waals surface area contributed by atoms with Crippen LogP contribution in [0.1, 0.15) is 52.0 Å². The monoisotopic (exact) mass is 271 g/mol. The summed E-state index contributed by atoms with van der Waals surface area (Å²) in [5.41, 5.74) is 0.470. The Morgan fingerprint density at radius 2 is 1.83 bits per heavy atom. The number of hydrogen-bond acceptors (Lipinski definition) is 4. The second kappa shape index (κ2) is 5.55. The van der Waals surface area contributed by atoms with Gasteiger partial charge in [0.05, 0.1) is 5.69 Å². The molecule has 1 rings (SSSR count). The van der Waals surface area contributed by atoms with Crippen molar-refractivity contribution in [3.05, 3.63) is 17.3 Å². The predicted molar refractivity (Wildman–Crippen MR) is 74.3 cm³/mol. The standard InChI is InChI=1S/C13H25NO3Si/c1-9-11(16-10(14-9)8-15-7)13(5,6)17-18-12(2,3)4/h8,18H2,1-7H3. The van der Waals surface area contributed by atoms with Gasteiger partial charge in [-0.25, -0.2) is 4.98 Å². The third-order valence-electron chi connectivity index (χ3n) is 2.52. The fourth-order valence-electron chi connectivity index (χ4n) is 1.66. The SMILES string of the molecule is COCc1nc(C)c(C(C)(C)O[SiH2]C(C)(C)C)o1. The van der Waals surface area contributed by atoms with Crippen LogP contribution in [0, 0.1) is 6.92 Å². The minimum absolute atomic E-state index is 0.264. The van der Waals surface area contributed by atoms with Gasteiger partial charge < -0.3 is 13.6 Å². The fraction of sp³-hybridized carbons (Fsp3) is 0.769. The molecule has 0 aliphatic heterocycles. The number of hydrogen-bond donors (Lipinski definition) is 0. The molecule has 18 heavy (non-hydrogen) atoms. The van der Waals surface area contributed by atoms with Crippen molar-refractivity contribution in [1.82, 2.24) is 4.98 Å². The molecule has 4 nitrogen and oxygen atoms in total. The van der Waals surface area contributed by atoms with E-state index in [1.807, 2.05) is 20.8 Å². The summed E-state index contributed by atoms with van der Waals surface area (Å²) in [5, 5.41) is 0.264. The molecule has 0 bridgehead atoms. The minimum Gasteiger partial charge on any atom is -0.440 e. The fourth-order valence-corrected chi connectivity index (χ4v) is 2.58. The number of methoxy groups -OCH3 is 1. The van der Waals surface area contributed by atoms with Crippen molar-refractivity contribution in [1.29, 1.82) is 0 Å². The Morgan fingerprint density at radius 3 is 2.33 bits per heavy atom. The Balaban J connectivity index is 2.83. The zero-order valence-electron chi connectivity index (χ0n) is 12.6. The zero-order chi connectivity index (χ0) is 14.0. The molecule has 0 aromatic carbocycles. The van der Waals surface area contributed by atoms with Gasteiger partial charge in [0.15, 0.2) is 15.5 Å². The first-order valence-corrected chi connectivity index (χ1v) is 7.54. The third kappa shape index (κ3) is 4.22. The number of rotatable bonds is 5. The Kier molecular flexibility index (Phi) is 4.75. The summed E-state index contributed by atoms with van der Waals surface area (Å²) < 4.78 is 16.9. The van der Waals surface area contributed by atoms with Gasteiger partial charge in [-0.3, -0.25) is 0 Å². The van der Waals surface area contributed by atoms with E-state index in [-0.39, 0.29) is 5.04 Å². The Hall–Kier alpha value is -0.653. The maximum Gasteiger partial charge on any atom is 0.220 e. The summed E-state index contributed by atoms with van der Waals surface area (Å²) in [7, 11) is 0.997. The topological polar surface area (TPSA) is 44.5 Å². The Bertz CT molecular complexity index is 393. The Morgan fingerprint density at radius 1 is 1.22 bits per heavy atom. The van der Waals surface area contributed by atoms with Gasteiger partial charge >= 0.3 is 0 Å². The largest absolute Gasteiger partial charge is 0.440 e. The maximum atomic E-state index is 6.12. The lowest BCUT2D eigenvalue weighted by Crippen LogP contribution is -2.27. The van der Waals surface area contributed by atoms with Crippen molar-refractivity contribution >= 4 is 9.76 Å². The van der Waals surface area contributed by atoms with E-state index in [0.29, 0.717) is 12.5 Å². The molecule has 1 aromatic rings. The molecule has 0 fully saturated rings. The molecule has 1 heterocycles. The van der Waals surface area contributed by atoms with Gasteiger partial charge in [0.1, 0.15) is 12.2 Å². The molecule has 0 aliphatic rings. The predicted octanol–water partition coefficient (Wildman–Crippen LogP) is 2.68. The average molecular weight is 271 g/mol. The third-order valence-corrected chi connectivity index (χ3v) is 4.25. The molecular formula is C13H25NO3Si. The van der Waals surface area contributed by atoms with Crippen molar-refractivity contribution < 1.29 is 13.6 Å². The molecule has 0 N–H and O–H groups in total. The van der Waals surface area contributed by atoms with Crippen molar-refractivity contribution in [3.63, 3.8) is 0 Å². The summed E-state index contributed by atoms with van der Waals surface area (Å²) in [4.78, 5) is 4.35. The van der Waals surface area contributed by atoms with Crippen LogP contribution in [0.3, 0.4) is 0 Å². The zero-order valence-corrected chi connectivity index (χ0v) is 14.0. The number of oxazole rings is 1. The second-order valence-electron chi connectivity index (χ2n) is 6.31. The van der Waals surface area contributed by atoms with E-state index in [1.54, 1.807) is 7.11 Å². The highest BCUT2D eigenvalue weighted by atomic mass is 28.2. The van der Waals surface area contributed by atoms with E-state index >= 15 is 0 Å². The van der Waals surface area contributed by atoms with Crippen molar-refractivity contribution in [3.8, 4) is 0 Å². The highest BCUT2D eigenvalue weighted by Gasteiger charge is 2.30. The molecular weight excluding hydrogens is 246 g/mol. The van der Waals surface area contributed by atoms with E-state index in [9.17, 15) is 0 Å². The van der Waals surface area contributed by atoms with Gasteiger partial charge in [-0.15, -0.1) is 0 Å². The number of aryl methyl sites for hydroxylation is 1. The molecule has 0 aliphatic carbocycles. The molecule has 104 valence electrons. The minimum atomic E-state index is -0.636. The van der Waals surface area contributed by atoms with Crippen LogP contribution >= 0.6 is 0 Å². The number of aromatic nitrogens is 1. The van der Waals surface area contributed by atoms with E-state index in [4.69, 9.17) is 13.6 Å². The van der Waals surface area contributed by atoms with E-state index in [0.717, 1.165) is 11.5 Å². The van der Waals surface area contributed by atoms with Gasteiger partial charge in [0.25, 0.3) is 0 Å². The first-order valence-electron chi connectivity index (χ1n) is 6.25. The van der Waals surface area contributed by atoms with E-state index in [1.165, 1.54) is 0 Å². The molecule has 0 spiro atoms. The van der Waals surface area contributed by atoms with Crippen molar-refractivity contribution in [2.75, 3.05) is 7.11 Å². The average Bonchev–Trinajstić information content (AvgIpc) is 2.57. The van der Waals surface area contributed by atoms with E-state index < -0.39 is 15.4 Å². The summed E-state index contributed by atoms with van der Waals surface area (Å²) in [5.74, 6) is 1.42. The molecule has 0 unspecified atom stereocenters. The lowest BCUT2D eigenvalue weighted by atomic mass is 10.1. The van der Waals surface area contributed by atoms with Crippen molar-refractivity contribution in [2.24, 2.45) is 0 Å².